The molecule has 5 heteroatoms. The van der Waals surface area contributed by atoms with Crippen LogP contribution in [0.15, 0.2) is 25.3 Å². The van der Waals surface area contributed by atoms with E-state index in [9.17, 15) is 9.59 Å². The van der Waals surface area contributed by atoms with Gasteiger partial charge in [-0.05, 0) is 13.3 Å². The van der Waals surface area contributed by atoms with E-state index in [4.69, 9.17) is 5.11 Å². The van der Waals surface area contributed by atoms with E-state index in [1.807, 2.05) is 0 Å². The molecule has 0 aliphatic carbocycles. The van der Waals surface area contributed by atoms with Crippen molar-refractivity contribution in [3.05, 3.63) is 25.3 Å². The van der Waals surface area contributed by atoms with Gasteiger partial charge in [0, 0.05) is 25.7 Å². The summed E-state index contributed by atoms with van der Waals surface area (Å²) in [6, 6.07) is -0.418. The first-order valence-corrected chi connectivity index (χ1v) is 6.03. The van der Waals surface area contributed by atoms with Gasteiger partial charge < -0.3 is 14.9 Å². The Hall–Kier alpha value is -1.78. The van der Waals surface area contributed by atoms with Gasteiger partial charge in [-0.1, -0.05) is 12.2 Å². The number of rotatable bonds is 5. The fourth-order valence-corrected chi connectivity index (χ4v) is 2.26. The molecule has 5 nitrogen and oxygen atoms in total. The summed E-state index contributed by atoms with van der Waals surface area (Å²) < 4.78 is 0. The standard InChI is InChI=1S/C13H20N2O3/c1-4-7-14(8-5-2)13(18)15-9-6-11(10(15)3)12(16)17/h4-5,10-11H,1-2,6-9H2,3H3,(H,16,17). The van der Waals surface area contributed by atoms with Crippen molar-refractivity contribution < 1.29 is 14.7 Å². The van der Waals surface area contributed by atoms with Gasteiger partial charge in [0.05, 0.1) is 5.92 Å². The summed E-state index contributed by atoms with van der Waals surface area (Å²) in [6.45, 7) is 10.4. The minimum absolute atomic E-state index is 0.147. The van der Waals surface area contributed by atoms with E-state index in [1.54, 1.807) is 28.9 Å². The van der Waals surface area contributed by atoms with Gasteiger partial charge in [0.1, 0.15) is 0 Å². The predicted octanol–water partition coefficient (Wildman–Crippen LogP) is 1.58. The van der Waals surface area contributed by atoms with Crippen LogP contribution < -0.4 is 0 Å². The third-order valence-electron chi connectivity index (χ3n) is 3.29. The SMILES string of the molecule is C=CCN(CC=C)C(=O)N1CCC(C(=O)O)C1C. The third-order valence-corrected chi connectivity index (χ3v) is 3.29. The highest BCUT2D eigenvalue weighted by Crippen LogP contribution is 2.25. The topological polar surface area (TPSA) is 60.9 Å². The Morgan fingerprint density at radius 3 is 2.33 bits per heavy atom. The molecule has 0 aromatic heterocycles. The lowest BCUT2D eigenvalue weighted by Crippen LogP contribution is -2.46. The van der Waals surface area contributed by atoms with Gasteiger partial charge >= 0.3 is 12.0 Å². The lowest BCUT2D eigenvalue weighted by Gasteiger charge is -2.29. The maximum Gasteiger partial charge on any atom is 0.320 e. The van der Waals surface area contributed by atoms with E-state index in [0.29, 0.717) is 26.1 Å². The number of carbonyl (C=O) groups excluding carboxylic acids is 1. The first-order valence-electron chi connectivity index (χ1n) is 6.03. The fourth-order valence-electron chi connectivity index (χ4n) is 2.26. The van der Waals surface area contributed by atoms with Crippen LogP contribution in [-0.2, 0) is 4.79 Å². The quantitative estimate of drug-likeness (QED) is 0.756. The number of amides is 2. The second-order valence-corrected chi connectivity index (χ2v) is 4.43. The van der Waals surface area contributed by atoms with E-state index < -0.39 is 11.9 Å². The van der Waals surface area contributed by atoms with Crippen molar-refractivity contribution in [3.8, 4) is 0 Å². The molecule has 0 aromatic rings. The molecule has 1 aliphatic heterocycles. The summed E-state index contributed by atoms with van der Waals surface area (Å²) >= 11 is 0. The molecule has 100 valence electrons. The average molecular weight is 252 g/mol. The van der Waals surface area contributed by atoms with E-state index in [1.165, 1.54) is 0 Å². The molecule has 1 N–H and O–H groups in total. The first kappa shape index (κ1) is 14.3. The largest absolute Gasteiger partial charge is 0.481 e. The van der Waals surface area contributed by atoms with Crippen molar-refractivity contribution in [2.24, 2.45) is 5.92 Å². The lowest BCUT2D eigenvalue weighted by atomic mass is 10.0. The molecule has 2 amide bonds. The Morgan fingerprint density at radius 2 is 1.94 bits per heavy atom. The molecule has 1 rings (SSSR count). The molecule has 0 aromatic carbocycles. The van der Waals surface area contributed by atoms with Crippen molar-refractivity contribution in [3.63, 3.8) is 0 Å². The van der Waals surface area contributed by atoms with Gasteiger partial charge in [-0.25, -0.2) is 4.79 Å². The second-order valence-electron chi connectivity index (χ2n) is 4.43. The number of hydrogen-bond donors (Lipinski definition) is 1. The number of urea groups is 1. The minimum Gasteiger partial charge on any atom is -0.481 e. The van der Waals surface area contributed by atoms with Crippen LogP contribution in [0.4, 0.5) is 4.79 Å². The molecule has 1 fully saturated rings. The smallest absolute Gasteiger partial charge is 0.320 e. The van der Waals surface area contributed by atoms with Crippen LogP contribution in [0.5, 0.6) is 0 Å². The number of likely N-dealkylation sites (tertiary alicyclic amines) is 1. The van der Waals surface area contributed by atoms with Crippen molar-refractivity contribution >= 4 is 12.0 Å². The molecule has 2 unspecified atom stereocenters. The third kappa shape index (κ3) is 2.91. The highest BCUT2D eigenvalue weighted by molar-refractivity contribution is 5.78. The zero-order valence-corrected chi connectivity index (χ0v) is 10.7. The summed E-state index contributed by atoms with van der Waals surface area (Å²) in [6.07, 6.45) is 3.81. The maximum atomic E-state index is 12.3. The van der Waals surface area contributed by atoms with Crippen molar-refractivity contribution in [1.29, 1.82) is 0 Å². The molecule has 1 aliphatic rings. The van der Waals surface area contributed by atoms with E-state index >= 15 is 0 Å². The van der Waals surface area contributed by atoms with Gasteiger partial charge in [-0.3, -0.25) is 4.79 Å². The number of carbonyl (C=O) groups is 2. The van der Waals surface area contributed by atoms with Crippen LogP contribution >= 0.6 is 0 Å². The Kier molecular flexibility index (Phi) is 4.95. The van der Waals surface area contributed by atoms with E-state index in [0.717, 1.165) is 0 Å². The molecule has 0 bridgehead atoms. The number of nitrogens with zero attached hydrogens (tertiary/aromatic N) is 2. The van der Waals surface area contributed by atoms with Gasteiger partial charge in [0.15, 0.2) is 0 Å². The molecule has 0 saturated carbocycles. The lowest BCUT2D eigenvalue weighted by molar-refractivity contribution is -0.142. The van der Waals surface area contributed by atoms with Crippen LogP contribution in [0.25, 0.3) is 0 Å². The van der Waals surface area contributed by atoms with Gasteiger partial charge in [0.2, 0.25) is 0 Å². The van der Waals surface area contributed by atoms with E-state index in [-0.39, 0.29) is 12.1 Å². The van der Waals surface area contributed by atoms with Gasteiger partial charge in [-0.15, -0.1) is 13.2 Å². The van der Waals surface area contributed by atoms with Gasteiger partial charge in [-0.2, -0.15) is 0 Å². The van der Waals surface area contributed by atoms with Crippen LogP contribution in [0.3, 0.4) is 0 Å². The summed E-state index contributed by atoms with van der Waals surface area (Å²) in [5, 5.41) is 9.04. The number of carboxylic acid groups (broad SMARTS) is 1. The van der Waals surface area contributed by atoms with Crippen LogP contribution in [0.2, 0.25) is 0 Å². The molecule has 1 saturated heterocycles. The first-order chi connectivity index (χ1) is 8.52. The minimum atomic E-state index is -0.836. The molecule has 0 spiro atoms. The molecule has 2 atom stereocenters. The predicted molar refractivity (Wildman–Crippen MR) is 69.3 cm³/mol. The van der Waals surface area contributed by atoms with Crippen LogP contribution in [0.1, 0.15) is 13.3 Å². The van der Waals surface area contributed by atoms with Crippen LogP contribution in [-0.4, -0.2) is 52.6 Å². The maximum absolute atomic E-state index is 12.3. The fraction of sp³-hybridized carbons (Fsp3) is 0.538. The van der Waals surface area contributed by atoms with Crippen molar-refractivity contribution in [1.82, 2.24) is 9.80 Å². The molecule has 1 heterocycles. The number of carboxylic acids is 1. The van der Waals surface area contributed by atoms with E-state index in [2.05, 4.69) is 13.2 Å². The monoisotopic (exact) mass is 252 g/mol. The summed E-state index contributed by atoms with van der Waals surface area (Å²) in [4.78, 5) is 26.5. The second kappa shape index (κ2) is 6.23. The normalized spacial score (nSPS) is 22.6. The number of hydrogen-bond acceptors (Lipinski definition) is 2. The van der Waals surface area contributed by atoms with Crippen molar-refractivity contribution in [2.45, 2.75) is 19.4 Å². The van der Waals surface area contributed by atoms with Crippen molar-refractivity contribution in [2.75, 3.05) is 19.6 Å². The molecule has 0 radical (unpaired) electrons. The zero-order valence-electron chi connectivity index (χ0n) is 10.7. The highest BCUT2D eigenvalue weighted by atomic mass is 16.4. The Balaban J connectivity index is 2.74. The molecular weight excluding hydrogens is 232 g/mol. The zero-order chi connectivity index (χ0) is 13.7. The number of aliphatic carboxylic acids is 1. The average Bonchev–Trinajstić information content (AvgIpc) is 2.70. The summed E-state index contributed by atoms with van der Waals surface area (Å²) in [7, 11) is 0. The Morgan fingerprint density at radius 1 is 1.39 bits per heavy atom. The summed E-state index contributed by atoms with van der Waals surface area (Å²) in [5.74, 6) is -1.31. The van der Waals surface area contributed by atoms with Crippen LogP contribution in [0, 0.1) is 5.92 Å². The Labute approximate surface area is 107 Å². The highest BCUT2D eigenvalue weighted by Gasteiger charge is 2.39. The molecule has 18 heavy (non-hydrogen) atoms. The van der Waals surface area contributed by atoms with Gasteiger partial charge in [0.25, 0.3) is 0 Å². The molecular formula is C13H20N2O3. The summed E-state index contributed by atoms with van der Waals surface area (Å²) in [5.41, 5.74) is 0. The Bertz CT molecular complexity index is 344.